The van der Waals surface area contributed by atoms with E-state index in [2.05, 4.69) is 54.9 Å². The van der Waals surface area contributed by atoms with Gasteiger partial charge in [-0.15, -0.1) is 0 Å². The lowest BCUT2D eigenvalue weighted by atomic mass is 10.2. The SMILES string of the molecule is Cc1cccc(NCc2nc(Nc3cccnc3)nc(Nc3cccc(C)c3)n2)c1. The van der Waals surface area contributed by atoms with Crippen LogP contribution in [-0.2, 0) is 6.54 Å². The Kier molecular flexibility index (Phi) is 5.80. The summed E-state index contributed by atoms with van der Waals surface area (Å²) in [5, 5.41) is 9.84. The Labute approximate surface area is 175 Å². The van der Waals surface area contributed by atoms with E-state index in [4.69, 9.17) is 0 Å². The number of aromatic nitrogens is 4. The fraction of sp³-hybridized carbons (Fsp3) is 0.130. The second-order valence-corrected chi connectivity index (χ2v) is 6.98. The van der Waals surface area contributed by atoms with Crippen molar-refractivity contribution in [1.82, 2.24) is 19.9 Å². The zero-order valence-corrected chi connectivity index (χ0v) is 16.9. The minimum atomic E-state index is 0.453. The van der Waals surface area contributed by atoms with Gasteiger partial charge < -0.3 is 16.0 Å². The Morgan fingerprint density at radius 3 is 2.00 bits per heavy atom. The number of nitrogens with one attached hydrogen (secondary N) is 3. The number of hydrogen-bond acceptors (Lipinski definition) is 7. The van der Waals surface area contributed by atoms with Crippen LogP contribution in [0.25, 0.3) is 0 Å². The highest BCUT2D eigenvalue weighted by Gasteiger charge is 2.08. The Hall–Kier alpha value is -4.00. The summed E-state index contributed by atoms with van der Waals surface area (Å²) >= 11 is 0. The van der Waals surface area contributed by atoms with Crippen LogP contribution in [0, 0.1) is 13.8 Å². The van der Waals surface area contributed by atoms with Crippen molar-refractivity contribution in [2.24, 2.45) is 0 Å². The molecule has 0 fully saturated rings. The fourth-order valence-electron chi connectivity index (χ4n) is 2.96. The van der Waals surface area contributed by atoms with E-state index in [0.717, 1.165) is 22.6 Å². The number of anilines is 5. The highest BCUT2D eigenvalue weighted by Crippen LogP contribution is 2.18. The summed E-state index contributed by atoms with van der Waals surface area (Å²) in [4.78, 5) is 17.8. The predicted molar refractivity (Wildman–Crippen MR) is 120 cm³/mol. The molecule has 30 heavy (non-hydrogen) atoms. The molecule has 0 bridgehead atoms. The lowest BCUT2D eigenvalue weighted by Gasteiger charge is -2.12. The molecule has 0 atom stereocenters. The minimum Gasteiger partial charge on any atom is -0.378 e. The average Bonchev–Trinajstić information content (AvgIpc) is 2.73. The standard InChI is InChI=1S/C23H23N7/c1-16-6-3-8-18(12-16)25-15-21-28-22(26-19-9-4-7-17(2)13-19)30-23(29-21)27-20-10-5-11-24-14-20/h3-14,25H,15H2,1-2H3,(H2,26,27,28,29,30). The molecule has 0 saturated heterocycles. The van der Waals surface area contributed by atoms with E-state index in [1.165, 1.54) is 5.56 Å². The summed E-state index contributed by atoms with van der Waals surface area (Å²) in [6.45, 7) is 4.58. The number of benzene rings is 2. The van der Waals surface area contributed by atoms with Crippen molar-refractivity contribution in [2.45, 2.75) is 20.4 Å². The minimum absolute atomic E-state index is 0.453. The fourth-order valence-corrected chi connectivity index (χ4v) is 2.96. The third kappa shape index (κ3) is 5.29. The van der Waals surface area contributed by atoms with Gasteiger partial charge in [0.25, 0.3) is 0 Å². The van der Waals surface area contributed by atoms with Crippen LogP contribution in [0.15, 0.2) is 73.1 Å². The van der Waals surface area contributed by atoms with Gasteiger partial charge in [0.15, 0.2) is 5.82 Å². The average molecular weight is 397 g/mol. The second kappa shape index (κ2) is 9.00. The molecule has 2 aromatic carbocycles. The first-order valence-electron chi connectivity index (χ1n) is 9.70. The molecule has 3 N–H and O–H groups in total. The maximum atomic E-state index is 4.59. The molecule has 0 radical (unpaired) electrons. The van der Waals surface area contributed by atoms with E-state index in [0.29, 0.717) is 24.3 Å². The topological polar surface area (TPSA) is 87.7 Å². The van der Waals surface area contributed by atoms with Crippen molar-refractivity contribution in [1.29, 1.82) is 0 Å². The predicted octanol–water partition coefficient (Wildman–Crippen LogP) is 4.98. The van der Waals surface area contributed by atoms with Gasteiger partial charge in [-0.1, -0.05) is 24.3 Å². The highest BCUT2D eigenvalue weighted by atomic mass is 15.2. The first-order chi connectivity index (χ1) is 14.6. The smallest absolute Gasteiger partial charge is 0.232 e. The normalized spacial score (nSPS) is 10.5. The monoisotopic (exact) mass is 397 g/mol. The molecule has 0 amide bonds. The van der Waals surface area contributed by atoms with Crippen LogP contribution in [0.3, 0.4) is 0 Å². The maximum Gasteiger partial charge on any atom is 0.232 e. The van der Waals surface area contributed by atoms with Crippen molar-refractivity contribution in [3.63, 3.8) is 0 Å². The van der Waals surface area contributed by atoms with E-state index in [1.807, 2.05) is 55.5 Å². The molecule has 2 aromatic heterocycles. The van der Waals surface area contributed by atoms with Crippen LogP contribution >= 0.6 is 0 Å². The van der Waals surface area contributed by atoms with Crippen LogP contribution in [-0.4, -0.2) is 19.9 Å². The molecule has 0 aliphatic rings. The lowest BCUT2D eigenvalue weighted by molar-refractivity contribution is 0.917. The summed E-state index contributed by atoms with van der Waals surface area (Å²) < 4.78 is 0. The van der Waals surface area contributed by atoms with Crippen molar-refractivity contribution in [3.05, 3.63) is 90.0 Å². The molecule has 4 rings (SSSR count). The number of pyridine rings is 1. The van der Waals surface area contributed by atoms with Gasteiger partial charge in [0.2, 0.25) is 11.9 Å². The van der Waals surface area contributed by atoms with Crippen molar-refractivity contribution in [3.8, 4) is 0 Å². The zero-order chi connectivity index (χ0) is 20.8. The van der Waals surface area contributed by atoms with Gasteiger partial charge in [0.1, 0.15) is 0 Å². The van der Waals surface area contributed by atoms with Crippen molar-refractivity contribution in [2.75, 3.05) is 16.0 Å². The third-order valence-electron chi connectivity index (χ3n) is 4.34. The van der Waals surface area contributed by atoms with Crippen LogP contribution in [0.5, 0.6) is 0 Å². The molecule has 0 saturated carbocycles. The maximum absolute atomic E-state index is 4.59. The van der Waals surface area contributed by atoms with Gasteiger partial charge in [0, 0.05) is 17.6 Å². The number of nitrogens with zero attached hydrogens (tertiary/aromatic N) is 4. The molecular weight excluding hydrogens is 374 g/mol. The lowest BCUT2D eigenvalue weighted by Crippen LogP contribution is -2.10. The molecule has 4 aromatic rings. The summed E-state index contributed by atoms with van der Waals surface area (Å²) in [6.07, 6.45) is 3.45. The molecule has 2 heterocycles. The van der Waals surface area contributed by atoms with Gasteiger partial charge in [-0.3, -0.25) is 4.98 Å². The molecule has 150 valence electrons. The molecule has 0 spiro atoms. The summed E-state index contributed by atoms with van der Waals surface area (Å²) in [5.41, 5.74) is 5.10. The Morgan fingerprint density at radius 2 is 1.33 bits per heavy atom. The second-order valence-electron chi connectivity index (χ2n) is 6.98. The molecule has 7 heteroatoms. The van der Waals surface area contributed by atoms with E-state index in [-0.39, 0.29) is 0 Å². The number of hydrogen-bond donors (Lipinski definition) is 3. The Bertz CT molecular complexity index is 1130. The van der Waals surface area contributed by atoms with E-state index in [1.54, 1.807) is 12.4 Å². The quantitative estimate of drug-likeness (QED) is 0.405. The third-order valence-corrected chi connectivity index (χ3v) is 4.34. The first kappa shape index (κ1) is 19.3. The Balaban J connectivity index is 1.59. The first-order valence-corrected chi connectivity index (χ1v) is 9.70. The summed E-state index contributed by atoms with van der Waals surface area (Å²) in [5.74, 6) is 1.55. The number of aryl methyl sites for hydroxylation is 2. The highest BCUT2D eigenvalue weighted by molar-refractivity contribution is 5.57. The molecule has 0 unspecified atom stereocenters. The van der Waals surface area contributed by atoms with Gasteiger partial charge in [-0.25, -0.2) is 0 Å². The summed E-state index contributed by atoms with van der Waals surface area (Å²) in [7, 11) is 0. The molecule has 7 nitrogen and oxygen atoms in total. The zero-order valence-electron chi connectivity index (χ0n) is 16.9. The molecule has 0 aliphatic carbocycles. The van der Waals surface area contributed by atoms with Crippen molar-refractivity contribution < 1.29 is 0 Å². The van der Waals surface area contributed by atoms with Gasteiger partial charge in [-0.05, 0) is 61.4 Å². The van der Waals surface area contributed by atoms with Gasteiger partial charge in [-0.2, -0.15) is 15.0 Å². The van der Waals surface area contributed by atoms with Crippen LogP contribution in [0.1, 0.15) is 17.0 Å². The van der Waals surface area contributed by atoms with E-state index >= 15 is 0 Å². The largest absolute Gasteiger partial charge is 0.378 e. The summed E-state index contributed by atoms with van der Waals surface area (Å²) in [6, 6.07) is 20.0. The molecular formula is C23H23N7. The Morgan fingerprint density at radius 1 is 0.700 bits per heavy atom. The van der Waals surface area contributed by atoms with Crippen LogP contribution in [0.4, 0.5) is 29.0 Å². The van der Waals surface area contributed by atoms with Gasteiger partial charge in [0.05, 0.1) is 18.4 Å². The van der Waals surface area contributed by atoms with E-state index < -0.39 is 0 Å². The van der Waals surface area contributed by atoms with Crippen LogP contribution < -0.4 is 16.0 Å². The molecule has 0 aliphatic heterocycles. The van der Waals surface area contributed by atoms with Crippen molar-refractivity contribution >= 4 is 29.0 Å². The van der Waals surface area contributed by atoms with Gasteiger partial charge >= 0.3 is 0 Å². The number of rotatable bonds is 7. The van der Waals surface area contributed by atoms with E-state index in [9.17, 15) is 0 Å². The van der Waals surface area contributed by atoms with Crippen LogP contribution in [0.2, 0.25) is 0 Å².